The first-order valence-corrected chi connectivity index (χ1v) is 8.01. The number of likely N-dealkylation sites (tertiary alicyclic amines) is 1. The zero-order valence-electron chi connectivity index (χ0n) is 14.5. The Morgan fingerprint density at radius 2 is 2.08 bits per heavy atom. The third-order valence-electron chi connectivity index (χ3n) is 4.09. The number of nitro benzene ring substituents is 1. The SMILES string of the molecule is CC(C)(C)OC(=O)[C@@]1(C(=O)O)CCCN1Cc1cccc([N+](=O)[O-])c1. The van der Waals surface area contributed by atoms with E-state index in [1.165, 1.54) is 17.0 Å². The largest absolute Gasteiger partial charge is 0.479 e. The molecule has 0 bridgehead atoms. The number of benzene rings is 1. The molecule has 1 aromatic rings. The molecule has 2 rings (SSSR count). The molecule has 136 valence electrons. The molecule has 8 nitrogen and oxygen atoms in total. The van der Waals surface area contributed by atoms with Crippen LogP contribution in [0.2, 0.25) is 0 Å². The van der Waals surface area contributed by atoms with Gasteiger partial charge in [-0.05, 0) is 39.2 Å². The second-order valence-corrected chi connectivity index (χ2v) is 7.12. The van der Waals surface area contributed by atoms with Crippen molar-refractivity contribution in [3.05, 3.63) is 39.9 Å². The molecule has 1 aromatic carbocycles. The summed E-state index contributed by atoms with van der Waals surface area (Å²) in [5.41, 5.74) is -2.07. The average Bonchev–Trinajstić information content (AvgIpc) is 2.90. The molecule has 1 aliphatic heterocycles. The lowest BCUT2D eigenvalue weighted by molar-refractivity contribution is -0.384. The van der Waals surface area contributed by atoms with E-state index in [1.807, 2.05) is 0 Å². The Morgan fingerprint density at radius 3 is 2.64 bits per heavy atom. The zero-order valence-corrected chi connectivity index (χ0v) is 14.5. The van der Waals surface area contributed by atoms with Crippen molar-refractivity contribution < 1.29 is 24.4 Å². The summed E-state index contributed by atoms with van der Waals surface area (Å²) in [5, 5.41) is 20.7. The predicted molar refractivity (Wildman–Crippen MR) is 89.0 cm³/mol. The first-order valence-electron chi connectivity index (χ1n) is 8.01. The van der Waals surface area contributed by atoms with Crippen LogP contribution in [0.5, 0.6) is 0 Å². The molecule has 1 fully saturated rings. The van der Waals surface area contributed by atoms with E-state index in [2.05, 4.69) is 0 Å². The van der Waals surface area contributed by atoms with E-state index in [9.17, 15) is 24.8 Å². The number of ether oxygens (including phenoxy) is 1. The number of carbonyl (C=O) groups excluding carboxylic acids is 1. The Hall–Kier alpha value is -2.48. The maximum atomic E-state index is 12.6. The highest BCUT2D eigenvalue weighted by Crippen LogP contribution is 2.34. The van der Waals surface area contributed by atoms with Crippen molar-refractivity contribution in [1.29, 1.82) is 0 Å². The summed E-state index contributed by atoms with van der Waals surface area (Å²) in [4.78, 5) is 36.6. The Balaban J connectivity index is 2.32. The Kier molecular flexibility index (Phi) is 5.12. The van der Waals surface area contributed by atoms with E-state index >= 15 is 0 Å². The van der Waals surface area contributed by atoms with Crippen molar-refractivity contribution in [3.8, 4) is 0 Å². The number of hydrogen-bond donors (Lipinski definition) is 1. The van der Waals surface area contributed by atoms with E-state index in [0.29, 0.717) is 18.5 Å². The average molecular weight is 350 g/mol. The van der Waals surface area contributed by atoms with E-state index in [1.54, 1.807) is 32.9 Å². The molecule has 0 radical (unpaired) electrons. The molecular formula is C17H22N2O6. The number of carbonyl (C=O) groups is 2. The number of carboxylic acid groups (broad SMARTS) is 1. The van der Waals surface area contributed by atoms with Gasteiger partial charge in [-0.2, -0.15) is 0 Å². The van der Waals surface area contributed by atoms with Crippen LogP contribution in [-0.2, 0) is 20.9 Å². The molecule has 1 heterocycles. The maximum absolute atomic E-state index is 12.6. The molecule has 1 aliphatic rings. The highest BCUT2D eigenvalue weighted by molar-refractivity contribution is 6.04. The van der Waals surface area contributed by atoms with Crippen molar-refractivity contribution >= 4 is 17.6 Å². The lowest BCUT2D eigenvalue weighted by Gasteiger charge is -2.34. The van der Waals surface area contributed by atoms with Crippen molar-refractivity contribution in [2.75, 3.05) is 6.54 Å². The van der Waals surface area contributed by atoms with Crippen molar-refractivity contribution in [2.24, 2.45) is 0 Å². The maximum Gasteiger partial charge on any atom is 0.338 e. The number of hydrogen-bond acceptors (Lipinski definition) is 6. The molecule has 25 heavy (non-hydrogen) atoms. The van der Waals surface area contributed by atoms with Crippen LogP contribution >= 0.6 is 0 Å². The molecule has 0 saturated carbocycles. The van der Waals surface area contributed by atoms with Crippen LogP contribution in [0.1, 0.15) is 39.2 Å². The smallest absolute Gasteiger partial charge is 0.338 e. The normalized spacial score (nSPS) is 21.1. The van der Waals surface area contributed by atoms with Crippen LogP contribution in [0.15, 0.2) is 24.3 Å². The van der Waals surface area contributed by atoms with Gasteiger partial charge in [0.05, 0.1) is 4.92 Å². The standard InChI is InChI=1S/C17H22N2O6/c1-16(2,3)25-15(22)17(14(20)21)8-5-9-18(17)11-12-6-4-7-13(10-12)19(23)24/h4,6-7,10H,5,8-9,11H2,1-3H3,(H,20,21)/t17-/m0/s1. The van der Waals surface area contributed by atoms with Gasteiger partial charge in [0.2, 0.25) is 5.54 Å². The summed E-state index contributed by atoms with van der Waals surface area (Å²) >= 11 is 0. The molecule has 8 heteroatoms. The molecule has 1 saturated heterocycles. The number of nitrogens with zero attached hydrogens (tertiary/aromatic N) is 2. The molecule has 0 spiro atoms. The first-order chi connectivity index (χ1) is 11.6. The summed E-state index contributed by atoms with van der Waals surface area (Å²) in [5.74, 6) is -2.06. The van der Waals surface area contributed by atoms with E-state index in [4.69, 9.17) is 4.74 Å². The molecule has 0 unspecified atom stereocenters. The molecule has 1 atom stereocenters. The van der Waals surface area contributed by atoms with Crippen LogP contribution in [0.25, 0.3) is 0 Å². The van der Waals surface area contributed by atoms with Crippen LogP contribution in [-0.4, -0.2) is 44.6 Å². The molecule has 0 aliphatic carbocycles. The lowest BCUT2D eigenvalue weighted by atomic mass is 9.95. The van der Waals surface area contributed by atoms with E-state index < -0.39 is 28.0 Å². The molecule has 0 aromatic heterocycles. The summed E-state index contributed by atoms with van der Waals surface area (Å²) in [6, 6.07) is 5.97. The van der Waals surface area contributed by atoms with E-state index in [0.717, 1.165) is 0 Å². The first kappa shape index (κ1) is 18.9. The highest BCUT2D eigenvalue weighted by Gasteiger charge is 2.56. The topological polar surface area (TPSA) is 110 Å². The van der Waals surface area contributed by atoms with Crippen molar-refractivity contribution in [2.45, 2.75) is 51.3 Å². The van der Waals surface area contributed by atoms with Crippen molar-refractivity contribution in [3.63, 3.8) is 0 Å². The van der Waals surface area contributed by atoms with Gasteiger partial charge in [0.15, 0.2) is 0 Å². The summed E-state index contributed by atoms with van der Waals surface area (Å²) < 4.78 is 5.35. The number of esters is 1. The Morgan fingerprint density at radius 1 is 1.40 bits per heavy atom. The fourth-order valence-corrected chi connectivity index (χ4v) is 3.00. The van der Waals surface area contributed by atoms with Gasteiger partial charge in [-0.3, -0.25) is 15.0 Å². The predicted octanol–water partition coefficient (Wildman–Crippen LogP) is 2.36. The Bertz CT molecular complexity index is 697. The van der Waals surface area contributed by atoms with Crippen LogP contribution in [0.4, 0.5) is 5.69 Å². The monoisotopic (exact) mass is 350 g/mol. The minimum atomic E-state index is -1.77. The van der Waals surface area contributed by atoms with Gasteiger partial charge in [-0.1, -0.05) is 12.1 Å². The summed E-state index contributed by atoms with van der Waals surface area (Å²) in [7, 11) is 0. The summed E-state index contributed by atoms with van der Waals surface area (Å²) in [6.07, 6.45) is 0.673. The fraction of sp³-hybridized carbons (Fsp3) is 0.529. The van der Waals surface area contributed by atoms with Crippen molar-refractivity contribution in [1.82, 2.24) is 4.90 Å². The second-order valence-electron chi connectivity index (χ2n) is 7.12. The summed E-state index contributed by atoms with van der Waals surface area (Å²) in [6.45, 7) is 5.56. The number of nitro groups is 1. The lowest BCUT2D eigenvalue weighted by Crippen LogP contribution is -2.58. The van der Waals surface area contributed by atoms with Gasteiger partial charge >= 0.3 is 11.9 Å². The zero-order chi connectivity index (χ0) is 18.8. The van der Waals surface area contributed by atoms with Gasteiger partial charge in [0.25, 0.3) is 5.69 Å². The number of non-ortho nitro benzene ring substituents is 1. The minimum absolute atomic E-state index is 0.0742. The number of aliphatic carboxylic acids is 1. The number of rotatable bonds is 5. The van der Waals surface area contributed by atoms with Gasteiger partial charge in [0, 0.05) is 25.2 Å². The Labute approximate surface area is 145 Å². The molecule has 1 N–H and O–H groups in total. The van der Waals surface area contributed by atoms with Gasteiger partial charge in [-0.25, -0.2) is 9.59 Å². The molecular weight excluding hydrogens is 328 g/mol. The fourth-order valence-electron chi connectivity index (χ4n) is 3.00. The minimum Gasteiger partial charge on any atom is -0.479 e. The third-order valence-corrected chi connectivity index (χ3v) is 4.09. The van der Waals surface area contributed by atoms with Crippen LogP contribution < -0.4 is 0 Å². The molecule has 0 amide bonds. The number of carboxylic acids is 1. The van der Waals surface area contributed by atoms with Gasteiger partial charge in [-0.15, -0.1) is 0 Å². The van der Waals surface area contributed by atoms with Gasteiger partial charge in [0.1, 0.15) is 5.60 Å². The second kappa shape index (κ2) is 6.79. The van der Waals surface area contributed by atoms with E-state index in [-0.39, 0.29) is 18.7 Å². The third kappa shape index (κ3) is 3.96. The highest BCUT2D eigenvalue weighted by atomic mass is 16.6. The van der Waals surface area contributed by atoms with Crippen LogP contribution in [0, 0.1) is 10.1 Å². The van der Waals surface area contributed by atoms with Crippen LogP contribution in [0.3, 0.4) is 0 Å². The quantitative estimate of drug-likeness (QED) is 0.375. The van der Waals surface area contributed by atoms with Gasteiger partial charge < -0.3 is 9.84 Å².